The van der Waals surface area contributed by atoms with Gasteiger partial charge >= 0.3 is 0 Å². The SMILES string of the molecule is Cc1nc(NC23CCC(NC(=O)c4ccon4)(CC2)C3)nc2ccc(-c3ccnc4c3OCCO4)cc12. The van der Waals surface area contributed by atoms with Crippen molar-refractivity contribution < 1.29 is 18.8 Å². The van der Waals surface area contributed by atoms with Gasteiger partial charge in [0.15, 0.2) is 11.4 Å². The van der Waals surface area contributed by atoms with E-state index in [-0.39, 0.29) is 17.0 Å². The Morgan fingerprint density at radius 2 is 1.84 bits per heavy atom. The lowest BCUT2D eigenvalue weighted by Gasteiger charge is -2.29. The van der Waals surface area contributed by atoms with E-state index in [2.05, 4.69) is 26.8 Å². The first-order chi connectivity index (χ1) is 18.0. The summed E-state index contributed by atoms with van der Waals surface area (Å²) in [7, 11) is 0. The molecule has 4 aromatic rings. The van der Waals surface area contributed by atoms with Gasteiger partial charge in [-0.2, -0.15) is 0 Å². The van der Waals surface area contributed by atoms with E-state index in [0.717, 1.165) is 59.8 Å². The zero-order chi connectivity index (χ0) is 25.0. The van der Waals surface area contributed by atoms with Gasteiger partial charge in [-0.05, 0) is 62.8 Å². The van der Waals surface area contributed by atoms with Gasteiger partial charge < -0.3 is 24.6 Å². The Kier molecular flexibility index (Phi) is 4.85. The maximum atomic E-state index is 12.6. The Balaban J connectivity index is 1.14. The van der Waals surface area contributed by atoms with Crippen molar-refractivity contribution >= 4 is 22.8 Å². The molecule has 2 aliphatic carbocycles. The zero-order valence-corrected chi connectivity index (χ0v) is 20.4. The maximum absolute atomic E-state index is 12.6. The summed E-state index contributed by atoms with van der Waals surface area (Å²) in [5.74, 6) is 1.63. The van der Waals surface area contributed by atoms with E-state index in [1.165, 1.54) is 6.26 Å². The molecule has 188 valence electrons. The smallest absolute Gasteiger partial charge is 0.273 e. The topological polar surface area (TPSA) is 124 Å². The van der Waals surface area contributed by atoms with Crippen LogP contribution in [-0.2, 0) is 0 Å². The number of carbonyl (C=O) groups excluding carboxylic acids is 1. The fourth-order valence-corrected chi connectivity index (χ4v) is 6.10. The van der Waals surface area contributed by atoms with Crippen LogP contribution < -0.4 is 20.1 Å². The van der Waals surface area contributed by atoms with Gasteiger partial charge in [0.05, 0.1) is 11.2 Å². The van der Waals surface area contributed by atoms with Gasteiger partial charge in [-0.25, -0.2) is 15.0 Å². The van der Waals surface area contributed by atoms with E-state index in [0.29, 0.717) is 36.5 Å². The summed E-state index contributed by atoms with van der Waals surface area (Å²) in [6, 6.07) is 9.68. The number of anilines is 1. The molecule has 3 aliphatic rings. The van der Waals surface area contributed by atoms with Crippen LogP contribution >= 0.6 is 0 Å². The molecule has 4 heterocycles. The second-order valence-electron chi connectivity index (χ2n) is 10.3. The number of nitrogens with one attached hydrogen (secondary N) is 2. The van der Waals surface area contributed by atoms with E-state index in [1.807, 2.05) is 25.1 Å². The van der Waals surface area contributed by atoms with Crippen LogP contribution in [0, 0.1) is 6.92 Å². The molecule has 2 fully saturated rings. The molecule has 1 aliphatic heterocycles. The van der Waals surface area contributed by atoms with Crippen LogP contribution in [0.2, 0.25) is 0 Å². The second kappa shape index (κ2) is 8.16. The van der Waals surface area contributed by atoms with Gasteiger partial charge in [0.2, 0.25) is 5.95 Å². The third-order valence-electron chi connectivity index (χ3n) is 7.90. The minimum Gasteiger partial charge on any atom is -0.484 e. The Morgan fingerprint density at radius 3 is 2.68 bits per heavy atom. The number of fused-ring (bicyclic) bond motifs is 4. The second-order valence-corrected chi connectivity index (χ2v) is 10.3. The highest BCUT2D eigenvalue weighted by molar-refractivity contribution is 5.92. The van der Waals surface area contributed by atoms with Crippen LogP contribution in [0.25, 0.3) is 22.0 Å². The van der Waals surface area contributed by atoms with E-state index in [4.69, 9.17) is 24.0 Å². The highest BCUT2D eigenvalue weighted by Crippen LogP contribution is 2.52. The number of carbonyl (C=O) groups is 1. The third kappa shape index (κ3) is 3.75. The van der Waals surface area contributed by atoms with Gasteiger partial charge in [0.1, 0.15) is 19.5 Å². The number of aryl methyl sites for hydroxylation is 1. The lowest BCUT2D eigenvalue weighted by molar-refractivity contribution is 0.0891. The Morgan fingerprint density at radius 1 is 1.00 bits per heavy atom. The van der Waals surface area contributed by atoms with Crippen LogP contribution in [0.1, 0.15) is 48.3 Å². The van der Waals surface area contributed by atoms with Gasteiger partial charge in [-0.15, -0.1) is 0 Å². The van der Waals surface area contributed by atoms with Gasteiger partial charge in [0, 0.05) is 34.3 Å². The van der Waals surface area contributed by atoms with Crippen molar-refractivity contribution in [2.75, 3.05) is 18.5 Å². The quantitative estimate of drug-likeness (QED) is 0.419. The monoisotopic (exact) mass is 498 g/mol. The van der Waals surface area contributed by atoms with E-state index in [1.54, 1.807) is 12.3 Å². The van der Waals surface area contributed by atoms with Crippen LogP contribution in [0.4, 0.5) is 5.95 Å². The van der Waals surface area contributed by atoms with Crippen LogP contribution in [0.3, 0.4) is 0 Å². The van der Waals surface area contributed by atoms with E-state index < -0.39 is 0 Å². The number of benzene rings is 1. The summed E-state index contributed by atoms with van der Waals surface area (Å²) >= 11 is 0. The Bertz CT molecular complexity index is 1510. The molecule has 0 atom stereocenters. The van der Waals surface area contributed by atoms with E-state index in [9.17, 15) is 4.79 Å². The molecule has 0 saturated heterocycles. The van der Waals surface area contributed by atoms with Gasteiger partial charge in [0.25, 0.3) is 11.8 Å². The molecular formula is C27H26N6O4. The standard InChI is InChI=1S/C27H26N6O4/c1-16-19-14-17(18-4-10-28-24-22(18)35-12-13-36-24)2-3-20(19)30-25(29-16)32-27-8-6-26(15-27,7-9-27)31-23(34)21-5-11-37-33-21/h2-5,10-11,14H,6-9,12-13,15H2,1H3,(H,31,34)(H,29,30,32). The highest BCUT2D eigenvalue weighted by atomic mass is 16.6. The average Bonchev–Trinajstić information content (AvgIpc) is 3.65. The fourth-order valence-electron chi connectivity index (χ4n) is 6.10. The molecule has 0 unspecified atom stereocenters. The van der Waals surface area contributed by atoms with E-state index >= 15 is 0 Å². The van der Waals surface area contributed by atoms with Crippen molar-refractivity contribution in [2.24, 2.45) is 0 Å². The van der Waals surface area contributed by atoms with Crippen LogP contribution in [0.15, 0.2) is 47.3 Å². The third-order valence-corrected chi connectivity index (χ3v) is 7.90. The molecule has 1 aromatic carbocycles. The molecule has 37 heavy (non-hydrogen) atoms. The average molecular weight is 499 g/mol. The largest absolute Gasteiger partial charge is 0.484 e. The molecule has 1 amide bonds. The first-order valence-corrected chi connectivity index (χ1v) is 12.6. The lowest BCUT2D eigenvalue weighted by Crippen LogP contribution is -2.45. The molecule has 2 bridgehead atoms. The van der Waals surface area contributed by atoms with Crippen LogP contribution in [-0.4, -0.2) is 50.3 Å². The Labute approximate surface area is 212 Å². The number of ether oxygens (including phenoxy) is 2. The molecule has 2 N–H and O–H groups in total. The summed E-state index contributed by atoms with van der Waals surface area (Å²) in [6.45, 7) is 3.01. The molecular weight excluding hydrogens is 472 g/mol. The number of pyridine rings is 1. The highest BCUT2D eigenvalue weighted by Gasteiger charge is 2.55. The number of amides is 1. The number of hydrogen-bond donors (Lipinski definition) is 2. The van der Waals surface area contributed by atoms with Crippen molar-refractivity contribution in [1.29, 1.82) is 0 Å². The van der Waals surface area contributed by atoms with Crippen molar-refractivity contribution in [3.05, 3.63) is 54.2 Å². The lowest BCUT2D eigenvalue weighted by atomic mass is 9.91. The predicted molar refractivity (Wildman–Crippen MR) is 135 cm³/mol. The molecule has 3 aromatic heterocycles. The minimum atomic E-state index is -0.237. The minimum absolute atomic E-state index is 0.134. The summed E-state index contributed by atoms with van der Waals surface area (Å²) < 4.78 is 16.3. The van der Waals surface area contributed by atoms with Crippen LogP contribution in [0.5, 0.6) is 11.6 Å². The number of hydrogen-bond acceptors (Lipinski definition) is 9. The molecule has 0 spiro atoms. The number of rotatable bonds is 5. The zero-order valence-electron chi connectivity index (χ0n) is 20.4. The first-order valence-electron chi connectivity index (χ1n) is 12.6. The maximum Gasteiger partial charge on any atom is 0.273 e. The number of aromatic nitrogens is 4. The van der Waals surface area contributed by atoms with Crippen molar-refractivity contribution in [3.63, 3.8) is 0 Å². The van der Waals surface area contributed by atoms with Crippen molar-refractivity contribution in [1.82, 2.24) is 25.4 Å². The summed E-state index contributed by atoms with van der Waals surface area (Å²) in [5.41, 5.74) is 3.65. The summed E-state index contributed by atoms with van der Waals surface area (Å²) in [6.07, 6.45) is 7.68. The predicted octanol–water partition coefficient (Wildman–Crippen LogP) is 4.06. The molecule has 0 radical (unpaired) electrons. The first kappa shape index (κ1) is 22.0. The molecule has 7 rings (SSSR count). The van der Waals surface area contributed by atoms with Crippen molar-refractivity contribution in [3.8, 4) is 22.8 Å². The summed E-state index contributed by atoms with van der Waals surface area (Å²) in [5, 5.41) is 11.6. The van der Waals surface area contributed by atoms with Gasteiger partial charge in [-0.1, -0.05) is 11.2 Å². The van der Waals surface area contributed by atoms with Crippen molar-refractivity contribution in [2.45, 2.75) is 50.1 Å². The molecule has 10 heteroatoms. The fraction of sp³-hybridized carbons (Fsp3) is 0.370. The molecule has 10 nitrogen and oxygen atoms in total. The number of nitrogens with zero attached hydrogens (tertiary/aromatic N) is 4. The van der Waals surface area contributed by atoms with Gasteiger partial charge in [-0.3, -0.25) is 4.79 Å². The molecule has 2 saturated carbocycles. The normalized spacial score (nSPS) is 23.8. The Hall–Kier alpha value is -4.21. The summed E-state index contributed by atoms with van der Waals surface area (Å²) in [4.78, 5) is 26.6.